The van der Waals surface area contributed by atoms with Crippen molar-refractivity contribution in [2.24, 2.45) is 0 Å². The fourth-order valence-electron chi connectivity index (χ4n) is 3.93. The number of methoxy groups -OCH3 is 1. The number of likely N-dealkylation sites (tertiary alicyclic amines) is 1. The van der Waals surface area contributed by atoms with Gasteiger partial charge in [-0.25, -0.2) is 0 Å². The van der Waals surface area contributed by atoms with Crippen molar-refractivity contribution in [3.05, 3.63) is 59.2 Å². The summed E-state index contributed by atoms with van der Waals surface area (Å²) in [7, 11) is 1.56. The van der Waals surface area contributed by atoms with E-state index in [0.717, 1.165) is 0 Å². The lowest BCUT2D eigenvalue weighted by Gasteiger charge is -2.25. The number of aromatic hydroxyl groups is 1. The van der Waals surface area contributed by atoms with Crippen LogP contribution in [0.1, 0.15) is 44.4 Å². The molecule has 0 aromatic heterocycles. The fraction of sp³-hybridized carbons (Fsp3) is 0.385. The minimum absolute atomic E-state index is 0.00842. The Morgan fingerprint density at radius 3 is 2.44 bits per heavy atom. The molecule has 0 unspecified atom stereocenters. The molecular formula is C26H31NO7. The van der Waals surface area contributed by atoms with Crippen LogP contribution in [-0.4, -0.2) is 59.8 Å². The summed E-state index contributed by atoms with van der Waals surface area (Å²) in [5, 5.41) is 21.3. The maximum absolute atomic E-state index is 13.1. The normalized spacial score (nSPS) is 17.4. The molecule has 0 bridgehead atoms. The van der Waals surface area contributed by atoms with Gasteiger partial charge in [0.15, 0.2) is 11.5 Å². The molecule has 2 N–H and O–H groups in total. The van der Waals surface area contributed by atoms with Crippen molar-refractivity contribution in [1.29, 1.82) is 0 Å². The first kappa shape index (κ1) is 25.1. The second kappa shape index (κ2) is 11.1. The standard InChI is InChI=1S/C26H31NO7/c1-5-33-21-15-18(9-12-20(21)28)23-22(25(30)26(31)27(23)13-6-14-32-4)24(29)17-7-10-19(11-8-17)34-16(2)3/h7-12,15-16,23,28-29H,5-6,13-14H2,1-4H3/t23-/m1/s1. The number of aliphatic hydroxyl groups is 1. The molecule has 8 nitrogen and oxygen atoms in total. The number of carbonyl (C=O) groups is 2. The third kappa shape index (κ3) is 5.34. The van der Waals surface area contributed by atoms with Crippen molar-refractivity contribution >= 4 is 17.4 Å². The smallest absolute Gasteiger partial charge is 0.295 e. The quantitative estimate of drug-likeness (QED) is 0.234. The first-order valence-electron chi connectivity index (χ1n) is 11.3. The second-order valence-electron chi connectivity index (χ2n) is 8.19. The van der Waals surface area contributed by atoms with Crippen LogP contribution in [0.25, 0.3) is 5.76 Å². The summed E-state index contributed by atoms with van der Waals surface area (Å²) in [6.07, 6.45) is 0.503. The Morgan fingerprint density at radius 2 is 1.82 bits per heavy atom. The Kier molecular flexibility index (Phi) is 8.17. The average Bonchev–Trinajstić information content (AvgIpc) is 3.05. The predicted molar refractivity (Wildman–Crippen MR) is 127 cm³/mol. The average molecular weight is 470 g/mol. The van der Waals surface area contributed by atoms with Gasteiger partial charge in [0, 0.05) is 25.8 Å². The number of Topliss-reactive ketones (excluding diaryl/α,β-unsaturated/α-hetero) is 1. The van der Waals surface area contributed by atoms with E-state index in [1.807, 2.05) is 13.8 Å². The van der Waals surface area contributed by atoms with Gasteiger partial charge in [-0.15, -0.1) is 0 Å². The Morgan fingerprint density at radius 1 is 1.12 bits per heavy atom. The van der Waals surface area contributed by atoms with Crippen LogP contribution in [0.2, 0.25) is 0 Å². The summed E-state index contributed by atoms with van der Waals surface area (Å²) in [6, 6.07) is 10.5. The molecule has 0 saturated carbocycles. The molecule has 1 saturated heterocycles. The van der Waals surface area contributed by atoms with Gasteiger partial charge in [-0.05, 0) is 69.2 Å². The van der Waals surface area contributed by atoms with Crippen LogP contribution in [-0.2, 0) is 14.3 Å². The summed E-state index contributed by atoms with van der Waals surface area (Å²) in [4.78, 5) is 27.5. The summed E-state index contributed by atoms with van der Waals surface area (Å²) in [6.45, 7) is 6.60. The van der Waals surface area contributed by atoms with Crippen LogP contribution in [0.5, 0.6) is 17.2 Å². The number of ketones is 1. The number of phenolic OH excluding ortho intramolecular Hbond substituents is 1. The zero-order chi connectivity index (χ0) is 24.8. The fourth-order valence-corrected chi connectivity index (χ4v) is 3.93. The molecule has 1 atom stereocenters. The van der Waals surface area contributed by atoms with Crippen LogP contribution in [0.3, 0.4) is 0 Å². The number of nitrogens with zero attached hydrogens (tertiary/aromatic N) is 1. The number of phenols is 1. The monoisotopic (exact) mass is 469 g/mol. The van der Waals surface area contributed by atoms with E-state index in [9.17, 15) is 19.8 Å². The van der Waals surface area contributed by atoms with E-state index in [1.54, 1.807) is 50.4 Å². The largest absolute Gasteiger partial charge is 0.507 e. The first-order valence-corrected chi connectivity index (χ1v) is 11.3. The molecule has 8 heteroatoms. The van der Waals surface area contributed by atoms with E-state index in [0.29, 0.717) is 36.5 Å². The van der Waals surface area contributed by atoms with E-state index >= 15 is 0 Å². The van der Waals surface area contributed by atoms with E-state index in [1.165, 1.54) is 11.0 Å². The zero-order valence-corrected chi connectivity index (χ0v) is 19.9. The van der Waals surface area contributed by atoms with Gasteiger partial charge in [-0.1, -0.05) is 6.07 Å². The van der Waals surface area contributed by atoms with Crippen LogP contribution < -0.4 is 9.47 Å². The number of hydrogen-bond donors (Lipinski definition) is 2. The molecule has 0 aliphatic carbocycles. The minimum atomic E-state index is -0.844. The highest BCUT2D eigenvalue weighted by Crippen LogP contribution is 2.42. The van der Waals surface area contributed by atoms with E-state index in [-0.39, 0.29) is 35.5 Å². The maximum atomic E-state index is 13.1. The Bertz CT molecular complexity index is 1060. The van der Waals surface area contributed by atoms with Gasteiger partial charge < -0.3 is 29.3 Å². The highest BCUT2D eigenvalue weighted by molar-refractivity contribution is 6.46. The van der Waals surface area contributed by atoms with Crippen molar-refractivity contribution in [3.63, 3.8) is 0 Å². The number of ether oxygens (including phenoxy) is 3. The summed E-state index contributed by atoms with van der Waals surface area (Å²) >= 11 is 0. The predicted octanol–water partition coefficient (Wildman–Crippen LogP) is 4.04. The van der Waals surface area contributed by atoms with Gasteiger partial charge in [0.1, 0.15) is 11.5 Å². The zero-order valence-electron chi connectivity index (χ0n) is 19.9. The van der Waals surface area contributed by atoms with Gasteiger partial charge in [0.25, 0.3) is 11.7 Å². The van der Waals surface area contributed by atoms with Crippen molar-refractivity contribution < 1.29 is 34.0 Å². The first-order chi connectivity index (χ1) is 16.3. The molecule has 2 aromatic carbocycles. The number of carbonyl (C=O) groups excluding carboxylic acids is 2. The topological polar surface area (TPSA) is 106 Å². The number of benzene rings is 2. The molecule has 0 spiro atoms. The summed E-state index contributed by atoms with van der Waals surface area (Å²) < 4.78 is 16.2. The Hall–Kier alpha value is -3.52. The molecule has 0 radical (unpaired) electrons. The van der Waals surface area contributed by atoms with Crippen molar-refractivity contribution in [2.75, 3.05) is 26.9 Å². The lowest BCUT2D eigenvalue weighted by atomic mass is 9.95. The second-order valence-corrected chi connectivity index (χ2v) is 8.19. The number of hydrogen-bond acceptors (Lipinski definition) is 7. The molecule has 34 heavy (non-hydrogen) atoms. The lowest BCUT2D eigenvalue weighted by Crippen LogP contribution is -2.31. The molecule has 1 aliphatic heterocycles. The van der Waals surface area contributed by atoms with Gasteiger partial charge in [-0.2, -0.15) is 0 Å². The van der Waals surface area contributed by atoms with E-state index in [4.69, 9.17) is 14.2 Å². The Labute approximate surface area is 199 Å². The summed E-state index contributed by atoms with van der Waals surface area (Å²) in [5.74, 6) is -0.940. The highest BCUT2D eigenvalue weighted by atomic mass is 16.5. The third-order valence-corrected chi connectivity index (χ3v) is 5.39. The molecule has 1 heterocycles. The van der Waals surface area contributed by atoms with E-state index in [2.05, 4.69) is 0 Å². The number of aliphatic hydroxyl groups excluding tert-OH is 1. The molecule has 182 valence electrons. The lowest BCUT2D eigenvalue weighted by molar-refractivity contribution is -0.140. The molecular weight excluding hydrogens is 438 g/mol. The van der Waals surface area contributed by atoms with Gasteiger partial charge >= 0.3 is 0 Å². The van der Waals surface area contributed by atoms with E-state index < -0.39 is 17.7 Å². The SMILES string of the molecule is CCOc1cc([C@@H]2C(=C(O)c3ccc(OC(C)C)cc3)C(=O)C(=O)N2CCCOC)ccc1O. The molecule has 1 aliphatic rings. The molecule has 2 aromatic rings. The molecule has 3 rings (SSSR count). The molecule has 1 amide bonds. The van der Waals surface area contributed by atoms with Crippen molar-refractivity contribution in [3.8, 4) is 17.2 Å². The van der Waals surface area contributed by atoms with Crippen LogP contribution >= 0.6 is 0 Å². The van der Waals surface area contributed by atoms with Gasteiger partial charge in [-0.3, -0.25) is 9.59 Å². The van der Waals surface area contributed by atoms with Gasteiger partial charge in [0.2, 0.25) is 0 Å². The summed E-state index contributed by atoms with van der Waals surface area (Å²) in [5.41, 5.74) is 0.909. The van der Waals surface area contributed by atoms with Crippen molar-refractivity contribution in [1.82, 2.24) is 4.90 Å². The minimum Gasteiger partial charge on any atom is -0.507 e. The number of amides is 1. The maximum Gasteiger partial charge on any atom is 0.295 e. The molecule has 1 fully saturated rings. The van der Waals surface area contributed by atoms with Gasteiger partial charge in [0.05, 0.1) is 24.3 Å². The number of rotatable bonds is 10. The van der Waals surface area contributed by atoms with Crippen LogP contribution in [0.4, 0.5) is 0 Å². The van der Waals surface area contributed by atoms with Crippen LogP contribution in [0, 0.1) is 0 Å². The third-order valence-electron chi connectivity index (χ3n) is 5.39. The van der Waals surface area contributed by atoms with Crippen LogP contribution in [0.15, 0.2) is 48.0 Å². The highest BCUT2D eigenvalue weighted by Gasteiger charge is 2.46. The van der Waals surface area contributed by atoms with Crippen molar-refractivity contribution in [2.45, 2.75) is 39.3 Å². The Balaban J connectivity index is 2.10.